The normalized spacial score (nSPS) is 17.2. The Morgan fingerprint density at radius 2 is 1.79 bits per heavy atom. The van der Waals surface area contributed by atoms with E-state index in [1.165, 1.54) is 10.4 Å². The molecule has 5 heteroatoms. The topological polar surface area (TPSA) is 15.6 Å². The first-order chi connectivity index (χ1) is 11.7. The zero-order valence-corrected chi connectivity index (χ0v) is 15.9. The summed E-state index contributed by atoms with van der Waals surface area (Å²) in [5.41, 5.74) is 3.44. The van der Waals surface area contributed by atoms with Gasteiger partial charge in [-0.1, -0.05) is 45.7 Å². The fourth-order valence-corrected chi connectivity index (χ4v) is 3.99. The Balaban J connectivity index is 1.74. The van der Waals surface area contributed by atoms with Crippen molar-refractivity contribution in [3.8, 4) is 0 Å². The summed E-state index contributed by atoms with van der Waals surface area (Å²) >= 11 is 11.3. The van der Waals surface area contributed by atoms with E-state index in [1.807, 2.05) is 24.3 Å². The van der Waals surface area contributed by atoms with E-state index in [2.05, 4.69) is 62.7 Å². The van der Waals surface area contributed by atoms with Gasteiger partial charge >= 0.3 is 0 Å². The molecule has 0 fully saturated rings. The fraction of sp³-hybridized carbons (Fsp3) is 0.105. The van der Waals surface area contributed by atoms with E-state index < -0.39 is 0 Å². The molecule has 120 valence electrons. The lowest BCUT2D eigenvalue weighted by molar-refractivity contribution is 0.709. The molecule has 2 aromatic carbocycles. The molecule has 0 amide bonds. The third-order valence-electron chi connectivity index (χ3n) is 4.06. The van der Waals surface area contributed by atoms with Crippen LogP contribution in [0.3, 0.4) is 0 Å². The largest absolute Gasteiger partial charge is 0.257 e. The Morgan fingerprint density at radius 1 is 1.04 bits per heavy atom. The van der Waals surface area contributed by atoms with Crippen LogP contribution >= 0.6 is 38.9 Å². The number of anilines is 1. The van der Waals surface area contributed by atoms with Gasteiger partial charge < -0.3 is 0 Å². The van der Waals surface area contributed by atoms with Crippen molar-refractivity contribution in [2.45, 2.75) is 12.5 Å². The van der Waals surface area contributed by atoms with Crippen LogP contribution in [0.4, 0.5) is 5.69 Å². The maximum Gasteiger partial charge on any atom is 0.0832 e. The molecule has 1 aliphatic heterocycles. The molecule has 0 radical (unpaired) electrons. The predicted octanol–water partition coefficient (Wildman–Crippen LogP) is 6.52. The zero-order valence-electron chi connectivity index (χ0n) is 12.7. The summed E-state index contributed by atoms with van der Waals surface area (Å²) in [6, 6.07) is 20.7. The summed E-state index contributed by atoms with van der Waals surface area (Å²) in [6.07, 6.45) is 0.894. The fourth-order valence-electron chi connectivity index (χ4n) is 2.88. The Kier molecular flexibility index (Phi) is 4.44. The molecular formula is C19H14BrClN2S. The number of benzene rings is 2. The van der Waals surface area contributed by atoms with Crippen LogP contribution in [-0.2, 0) is 0 Å². The lowest BCUT2D eigenvalue weighted by Gasteiger charge is -2.24. The Bertz CT molecular complexity index is 857. The van der Waals surface area contributed by atoms with Gasteiger partial charge in [0.05, 0.1) is 22.3 Å². The molecule has 0 N–H and O–H groups in total. The average Bonchev–Trinajstić information content (AvgIpc) is 3.26. The van der Waals surface area contributed by atoms with Gasteiger partial charge in [0, 0.05) is 15.9 Å². The van der Waals surface area contributed by atoms with Gasteiger partial charge in [0.2, 0.25) is 0 Å². The van der Waals surface area contributed by atoms with Crippen LogP contribution < -0.4 is 5.01 Å². The highest BCUT2D eigenvalue weighted by molar-refractivity contribution is 9.10. The molecule has 0 saturated heterocycles. The number of halogens is 2. The highest BCUT2D eigenvalue weighted by atomic mass is 79.9. The van der Waals surface area contributed by atoms with Crippen LogP contribution in [0.25, 0.3) is 0 Å². The standard InChI is InChI=1S/C19H14BrClN2S/c20-14-5-3-13(4-6-14)18-12-17(19-2-1-11-24-19)22-23(18)16-9-7-15(21)8-10-16/h1-11,18H,12H2/t18-/m0/s1. The van der Waals surface area contributed by atoms with Crippen LogP contribution in [0.1, 0.15) is 22.9 Å². The highest BCUT2D eigenvalue weighted by Crippen LogP contribution is 2.38. The van der Waals surface area contributed by atoms with Gasteiger partial charge in [-0.25, -0.2) is 0 Å². The first kappa shape index (κ1) is 15.9. The van der Waals surface area contributed by atoms with Crippen molar-refractivity contribution < 1.29 is 0 Å². The van der Waals surface area contributed by atoms with Crippen LogP contribution in [0, 0.1) is 0 Å². The molecule has 1 atom stereocenters. The minimum atomic E-state index is 0.191. The number of hydrogen-bond acceptors (Lipinski definition) is 3. The minimum absolute atomic E-state index is 0.191. The van der Waals surface area contributed by atoms with Crippen LogP contribution in [-0.4, -0.2) is 5.71 Å². The molecule has 3 aromatic rings. The van der Waals surface area contributed by atoms with Gasteiger partial charge in [-0.2, -0.15) is 5.10 Å². The summed E-state index contributed by atoms with van der Waals surface area (Å²) in [5.74, 6) is 0. The van der Waals surface area contributed by atoms with Crippen LogP contribution in [0.2, 0.25) is 5.02 Å². The van der Waals surface area contributed by atoms with Crippen LogP contribution in [0.5, 0.6) is 0 Å². The number of hydrazone groups is 1. The second-order valence-corrected chi connectivity index (χ2v) is 7.92. The summed E-state index contributed by atoms with van der Waals surface area (Å²) in [5, 5.41) is 9.85. The smallest absolute Gasteiger partial charge is 0.0832 e. The van der Waals surface area contributed by atoms with Gasteiger partial charge in [-0.15, -0.1) is 11.3 Å². The van der Waals surface area contributed by atoms with Gasteiger partial charge in [0.15, 0.2) is 0 Å². The number of nitrogens with zero attached hydrogens (tertiary/aromatic N) is 2. The molecular weight excluding hydrogens is 404 g/mol. The zero-order chi connectivity index (χ0) is 16.5. The molecule has 24 heavy (non-hydrogen) atoms. The number of thiophene rings is 1. The maximum absolute atomic E-state index is 6.04. The van der Waals surface area contributed by atoms with E-state index in [0.29, 0.717) is 0 Å². The molecule has 0 aliphatic carbocycles. The summed E-state index contributed by atoms with van der Waals surface area (Å²) < 4.78 is 1.08. The second-order valence-electron chi connectivity index (χ2n) is 5.62. The summed E-state index contributed by atoms with van der Waals surface area (Å²) in [7, 11) is 0. The third-order valence-corrected chi connectivity index (χ3v) is 5.76. The molecule has 2 nitrogen and oxygen atoms in total. The minimum Gasteiger partial charge on any atom is -0.257 e. The highest BCUT2D eigenvalue weighted by Gasteiger charge is 2.30. The first-order valence-corrected chi connectivity index (χ1v) is 9.67. The van der Waals surface area contributed by atoms with Gasteiger partial charge in [0.25, 0.3) is 0 Å². The summed E-state index contributed by atoms with van der Waals surface area (Å²) in [6.45, 7) is 0. The van der Waals surface area contributed by atoms with Crippen molar-refractivity contribution in [1.82, 2.24) is 0 Å². The first-order valence-electron chi connectivity index (χ1n) is 7.62. The van der Waals surface area contributed by atoms with Crippen LogP contribution in [0.15, 0.2) is 75.6 Å². The lowest BCUT2D eigenvalue weighted by atomic mass is 10.0. The third kappa shape index (κ3) is 3.14. The quantitative estimate of drug-likeness (QED) is 0.473. The van der Waals surface area contributed by atoms with E-state index in [1.54, 1.807) is 11.3 Å². The van der Waals surface area contributed by atoms with E-state index in [9.17, 15) is 0 Å². The van der Waals surface area contributed by atoms with Crippen molar-refractivity contribution in [2.24, 2.45) is 5.10 Å². The van der Waals surface area contributed by atoms with E-state index >= 15 is 0 Å². The molecule has 0 spiro atoms. The Morgan fingerprint density at radius 3 is 2.46 bits per heavy atom. The second kappa shape index (κ2) is 6.71. The molecule has 1 aliphatic rings. The summed E-state index contributed by atoms with van der Waals surface area (Å²) in [4.78, 5) is 1.23. The molecule has 2 heterocycles. The molecule has 1 aromatic heterocycles. The SMILES string of the molecule is Clc1ccc(N2N=C(c3cccs3)C[C@H]2c2ccc(Br)cc2)cc1. The Hall–Kier alpha value is -1.62. The number of rotatable bonds is 3. The van der Waals surface area contributed by atoms with E-state index in [-0.39, 0.29) is 6.04 Å². The maximum atomic E-state index is 6.04. The van der Waals surface area contributed by atoms with Gasteiger partial charge in [0.1, 0.15) is 0 Å². The van der Waals surface area contributed by atoms with E-state index in [4.69, 9.17) is 16.7 Å². The molecule has 0 saturated carbocycles. The van der Waals surface area contributed by atoms with Gasteiger partial charge in [-0.05, 0) is 53.4 Å². The van der Waals surface area contributed by atoms with Crippen molar-refractivity contribution in [2.75, 3.05) is 5.01 Å². The Labute approximate surface area is 158 Å². The molecule has 0 bridgehead atoms. The lowest BCUT2D eigenvalue weighted by Crippen LogP contribution is -2.18. The van der Waals surface area contributed by atoms with Gasteiger partial charge in [-0.3, -0.25) is 5.01 Å². The monoisotopic (exact) mass is 416 g/mol. The van der Waals surface area contributed by atoms with Crippen molar-refractivity contribution in [1.29, 1.82) is 0 Å². The molecule has 4 rings (SSSR count). The van der Waals surface area contributed by atoms with Crippen molar-refractivity contribution >= 4 is 50.3 Å². The number of hydrogen-bond donors (Lipinski definition) is 0. The molecule has 0 unspecified atom stereocenters. The van der Waals surface area contributed by atoms with Crippen molar-refractivity contribution in [3.05, 3.63) is 86.0 Å². The van der Waals surface area contributed by atoms with Crippen molar-refractivity contribution in [3.63, 3.8) is 0 Å². The van der Waals surface area contributed by atoms with E-state index in [0.717, 1.165) is 27.3 Å². The average molecular weight is 418 g/mol. The predicted molar refractivity (Wildman–Crippen MR) is 106 cm³/mol.